The van der Waals surface area contributed by atoms with E-state index in [2.05, 4.69) is 25.5 Å². The second kappa shape index (κ2) is 7.01. The third-order valence-corrected chi connectivity index (χ3v) is 2.29. The summed E-state index contributed by atoms with van der Waals surface area (Å²) in [4.78, 5) is 9.92. The highest BCUT2D eigenvalue weighted by Crippen LogP contribution is 2.11. The van der Waals surface area contributed by atoms with Crippen LogP contribution >= 0.6 is 0 Å². The molecule has 1 rings (SSSR count). The Labute approximate surface area is 101 Å². The Morgan fingerprint density at radius 1 is 1.35 bits per heavy atom. The molecule has 0 amide bonds. The molecule has 1 heterocycles. The molecule has 17 heavy (non-hydrogen) atoms. The fourth-order valence-corrected chi connectivity index (χ4v) is 1.37. The van der Waals surface area contributed by atoms with Crippen LogP contribution in [0.4, 0.5) is 16.2 Å². The molecule has 5 nitrogen and oxygen atoms in total. The first-order chi connectivity index (χ1) is 8.13. The minimum Gasteiger partial charge on any atom is -0.367 e. The SMILES string of the molecule is CNc1ncc(F)c(NCCCCN(C)C)n1. The highest BCUT2D eigenvalue weighted by molar-refractivity contribution is 5.40. The molecule has 0 radical (unpaired) electrons. The first-order valence-corrected chi connectivity index (χ1v) is 5.72. The van der Waals surface area contributed by atoms with Gasteiger partial charge in [-0.05, 0) is 33.5 Å². The predicted molar refractivity (Wildman–Crippen MR) is 67.8 cm³/mol. The van der Waals surface area contributed by atoms with Crippen LogP contribution in [0.3, 0.4) is 0 Å². The Kier molecular flexibility index (Phi) is 5.62. The van der Waals surface area contributed by atoms with Crippen molar-refractivity contribution in [2.75, 3.05) is 44.9 Å². The smallest absolute Gasteiger partial charge is 0.224 e. The largest absolute Gasteiger partial charge is 0.367 e. The monoisotopic (exact) mass is 241 g/mol. The van der Waals surface area contributed by atoms with E-state index in [1.54, 1.807) is 7.05 Å². The zero-order valence-electron chi connectivity index (χ0n) is 10.6. The van der Waals surface area contributed by atoms with Crippen molar-refractivity contribution in [1.29, 1.82) is 0 Å². The molecule has 0 bridgehead atoms. The van der Waals surface area contributed by atoms with E-state index in [-0.39, 0.29) is 5.82 Å². The van der Waals surface area contributed by atoms with Crippen LogP contribution in [-0.4, -0.2) is 49.1 Å². The van der Waals surface area contributed by atoms with Crippen LogP contribution < -0.4 is 10.6 Å². The van der Waals surface area contributed by atoms with E-state index in [1.807, 2.05) is 14.1 Å². The molecule has 0 aliphatic heterocycles. The molecule has 0 aromatic carbocycles. The van der Waals surface area contributed by atoms with Gasteiger partial charge in [-0.3, -0.25) is 0 Å². The van der Waals surface area contributed by atoms with Gasteiger partial charge in [-0.1, -0.05) is 0 Å². The molecule has 0 fully saturated rings. The van der Waals surface area contributed by atoms with Crippen LogP contribution in [0.2, 0.25) is 0 Å². The van der Waals surface area contributed by atoms with Crippen LogP contribution in [-0.2, 0) is 0 Å². The lowest BCUT2D eigenvalue weighted by atomic mass is 10.3. The van der Waals surface area contributed by atoms with Crippen molar-refractivity contribution in [3.63, 3.8) is 0 Å². The van der Waals surface area contributed by atoms with Gasteiger partial charge >= 0.3 is 0 Å². The maximum absolute atomic E-state index is 13.3. The number of aromatic nitrogens is 2. The van der Waals surface area contributed by atoms with Gasteiger partial charge in [0.15, 0.2) is 11.6 Å². The van der Waals surface area contributed by atoms with Gasteiger partial charge < -0.3 is 15.5 Å². The molecule has 2 N–H and O–H groups in total. The van der Waals surface area contributed by atoms with Gasteiger partial charge in [0.25, 0.3) is 0 Å². The van der Waals surface area contributed by atoms with Gasteiger partial charge in [0, 0.05) is 13.6 Å². The highest BCUT2D eigenvalue weighted by atomic mass is 19.1. The van der Waals surface area contributed by atoms with Crippen LogP contribution in [0, 0.1) is 5.82 Å². The normalized spacial score (nSPS) is 10.6. The van der Waals surface area contributed by atoms with E-state index in [9.17, 15) is 4.39 Å². The van der Waals surface area contributed by atoms with Crippen molar-refractivity contribution >= 4 is 11.8 Å². The molecule has 0 spiro atoms. The lowest BCUT2D eigenvalue weighted by Crippen LogP contribution is -2.14. The Morgan fingerprint density at radius 2 is 2.12 bits per heavy atom. The van der Waals surface area contributed by atoms with Gasteiger partial charge in [-0.2, -0.15) is 4.98 Å². The fourth-order valence-electron chi connectivity index (χ4n) is 1.37. The van der Waals surface area contributed by atoms with Crippen molar-refractivity contribution in [2.24, 2.45) is 0 Å². The number of nitrogens with one attached hydrogen (secondary N) is 2. The number of hydrogen-bond donors (Lipinski definition) is 2. The standard InChI is InChI=1S/C11H20FN5/c1-13-11-15-8-9(12)10(16-11)14-6-4-5-7-17(2)3/h8H,4-7H2,1-3H3,(H2,13,14,15,16). The van der Waals surface area contributed by atoms with Gasteiger partial charge in [0.1, 0.15) is 0 Å². The number of halogens is 1. The van der Waals surface area contributed by atoms with E-state index >= 15 is 0 Å². The molecule has 96 valence electrons. The molecular formula is C11H20FN5. The molecule has 0 aliphatic carbocycles. The lowest BCUT2D eigenvalue weighted by Gasteiger charge is -2.10. The molecule has 0 saturated heterocycles. The number of anilines is 2. The van der Waals surface area contributed by atoms with Crippen LogP contribution in [0.15, 0.2) is 6.20 Å². The summed E-state index contributed by atoms with van der Waals surface area (Å²) in [5, 5.41) is 5.75. The Hall–Kier alpha value is -1.43. The van der Waals surface area contributed by atoms with Crippen molar-refractivity contribution in [3.8, 4) is 0 Å². The van der Waals surface area contributed by atoms with E-state index in [0.29, 0.717) is 12.5 Å². The molecule has 6 heteroatoms. The van der Waals surface area contributed by atoms with Crippen molar-refractivity contribution in [2.45, 2.75) is 12.8 Å². The third kappa shape index (κ3) is 4.95. The van der Waals surface area contributed by atoms with Crippen molar-refractivity contribution in [1.82, 2.24) is 14.9 Å². The number of nitrogens with zero attached hydrogens (tertiary/aromatic N) is 3. The van der Waals surface area contributed by atoms with E-state index in [4.69, 9.17) is 0 Å². The maximum Gasteiger partial charge on any atom is 0.224 e. The molecule has 1 aromatic rings. The molecule has 0 atom stereocenters. The summed E-state index contributed by atoms with van der Waals surface area (Å²) < 4.78 is 13.3. The third-order valence-electron chi connectivity index (χ3n) is 2.29. The summed E-state index contributed by atoms with van der Waals surface area (Å²) in [6, 6.07) is 0. The first-order valence-electron chi connectivity index (χ1n) is 5.72. The van der Waals surface area contributed by atoms with Gasteiger partial charge in [0.05, 0.1) is 6.20 Å². The van der Waals surface area contributed by atoms with Crippen LogP contribution in [0.5, 0.6) is 0 Å². The molecule has 0 unspecified atom stereocenters. The predicted octanol–water partition coefficient (Wildman–Crippen LogP) is 1.41. The Bertz CT molecular complexity index is 343. The summed E-state index contributed by atoms with van der Waals surface area (Å²) in [5.74, 6) is 0.257. The average Bonchev–Trinajstić information content (AvgIpc) is 2.30. The summed E-state index contributed by atoms with van der Waals surface area (Å²) in [7, 11) is 5.78. The van der Waals surface area contributed by atoms with Gasteiger partial charge in [-0.25, -0.2) is 9.37 Å². The average molecular weight is 241 g/mol. The Balaban J connectivity index is 2.35. The van der Waals surface area contributed by atoms with Crippen molar-refractivity contribution in [3.05, 3.63) is 12.0 Å². The number of unbranched alkanes of at least 4 members (excludes halogenated alkanes) is 1. The lowest BCUT2D eigenvalue weighted by molar-refractivity contribution is 0.396. The second-order valence-corrected chi connectivity index (χ2v) is 4.08. The molecule has 1 aromatic heterocycles. The maximum atomic E-state index is 13.3. The molecule has 0 aliphatic rings. The summed E-state index contributed by atoms with van der Waals surface area (Å²) in [6.45, 7) is 1.75. The quantitative estimate of drug-likeness (QED) is 0.707. The second-order valence-electron chi connectivity index (χ2n) is 4.08. The van der Waals surface area contributed by atoms with Gasteiger partial charge in [0.2, 0.25) is 5.95 Å². The van der Waals surface area contributed by atoms with E-state index in [0.717, 1.165) is 19.4 Å². The van der Waals surface area contributed by atoms with E-state index in [1.165, 1.54) is 6.20 Å². The topological polar surface area (TPSA) is 53.1 Å². The highest BCUT2D eigenvalue weighted by Gasteiger charge is 2.04. The zero-order valence-corrected chi connectivity index (χ0v) is 10.6. The zero-order chi connectivity index (χ0) is 12.7. The van der Waals surface area contributed by atoms with Crippen LogP contribution in [0.1, 0.15) is 12.8 Å². The number of rotatable bonds is 7. The summed E-state index contributed by atoms with van der Waals surface area (Å²) in [6.07, 6.45) is 3.23. The summed E-state index contributed by atoms with van der Waals surface area (Å²) in [5.41, 5.74) is 0. The van der Waals surface area contributed by atoms with Crippen LogP contribution in [0.25, 0.3) is 0 Å². The summed E-state index contributed by atoms with van der Waals surface area (Å²) >= 11 is 0. The van der Waals surface area contributed by atoms with E-state index < -0.39 is 5.82 Å². The fraction of sp³-hybridized carbons (Fsp3) is 0.636. The first kappa shape index (κ1) is 13.6. The Morgan fingerprint density at radius 3 is 2.76 bits per heavy atom. The minimum atomic E-state index is -0.420. The van der Waals surface area contributed by atoms with Crippen molar-refractivity contribution < 1.29 is 4.39 Å². The number of hydrogen-bond acceptors (Lipinski definition) is 5. The molecular weight excluding hydrogens is 221 g/mol. The molecule has 0 saturated carbocycles. The minimum absolute atomic E-state index is 0.259. The van der Waals surface area contributed by atoms with Gasteiger partial charge in [-0.15, -0.1) is 0 Å².